The first-order valence-corrected chi connectivity index (χ1v) is 6.00. The largest absolute Gasteiger partial charge is 0.341 e. The van der Waals surface area contributed by atoms with E-state index in [4.69, 9.17) is 5.73 Å². The number of nitrogens with zero attached hydrogens (tertiary/aromatic N) is 2. The molecule has 3 N–H and O–H groups in total. The smallest absolute Gasteiger partial charge is 0.114 e. The van der Waals surface area contributed by atoms with E-state index >= 15 is 0 Å². The zero-order valence-electron chi connectivity index (χ0n) is 9.69. The summed E-state index contributed by atoms with van der Waals surface area (Å²) in [5, 5.41) is 0. The number of rotatable bonds is 3. The van der Waals surface area contributed by atoms with E-state index in [9.17, 15) is 0 Å². The number of H-pyrrole nitrogens is 1. The lowest BCUT2D eigenvalue weighted by Crippen LogP contribution is -2.42. The summed E-state index contributed by atoms with van der Waals surface area (Å²) in [7, 11) is 0. The highest BCUT2D eigenvalue weighted by molar-refractivity contribution is 5.57. The van der Waals surface area contributed by atoms with E-state index in [2.05, 4.69) is 15.0 Å². The summed E-state index contributed by atoms with van der Waals surface area (Å²) in [5.74, 6) is 1.04. The molecular formula is C13H16N4. The van der Waals surface area contributed by atoms with Gasteiger partial charge in [-0.2, -0.15) is 0 Å². The van der Waals surface area contributed by atoms with Crippen molar-refractivity contribution in [3.8, 4) is 11.3 Å². The standard InChI is InChI=1S/C13H16N4/c14-9-13(4-1-5-13)12-16-8-11(17-12)10-2-6-15-7-3-10/h2-3,6-8H,1,4-5,9,14H2,(H,16,17). The van der Waals surface area contributed by atoms with Crippen LogP contribution in [-0.4, -0.2) is 21.5 Å². The highest BCUT2D eigenvalue weighted by Crippen LogP contribution is 2.41. The molecule has 1 fully saturated rings. The van der Waals surface area contributed by atoms with Gasteiger partial charge in [0.2, 0.25) is 0 Å². The quantitative estimate of drug-likeness (QED) is 0.842. The van der Waals surface area contributed by atoms with Gasteiger partial charge in [-0.1, -0.05) is 6.42 Å². The van der Waals surface area contributed by atoms with Crippen molar-refractivity contribution < 1.29 is 0 Å². The van der Waals surface area contributed by atoms with Crippen LogP contribution in [0.1, 0.15) is 25.1 Å². The van der Waals surface area contributed by atoms with Gasteiger partial charge in [0.05, 0.1) is 11.9 Å². The molecule has 0 bridgehead atoms. The molecule has 0 atom stereocenters. The highest BCUT2D eigenvalue weighted by atomic mass is 15.0. The van der Waals surface area contributed by atoms with Gasteiger partial charge in [-0.15, -0.1) is 0 Å². The molecule has 0 aliphatic heterocycles. The summed E-state index contributed by atoms with van der Waals surface area (Å²) in [4.78, 5) is 11.9. The molecule has 4 nitrogen and oxygen atoms in total. The Balaban J connectivity index is 1.93. The summed E-state index contributed by atoms with van der Waals surface area (Å²) in [6, 6.07) is 3.96. The number of aromatic amines is 1. The third-order valence-corrected chi connectivity index (χ3v) is 3.77. The fourth-order valence-electron chi connectivity index (χ4n) is 2.41. The molecular weight excluding hydrogens is 212 g/mol. The number of hydrogen-bond acceptors (Lipinski definition) is 3. The minimum absolute atomic E-state index is 0.102. The van der Waals surface area contributed by atoms with Gasteiger partial charge < -0.3 is 10.7 Å². The third-order valence-electron chi connectivity index (χ3n) is 3.77. The van der Waals surface area contributed by atoms with Gasteiger partial charge in [0.25, 0.3) is 0 Å². The van der Waals surface area contributed by atoms with Crippen molar-refractivity contribution in [3.05, 3.63) is 36.5 Å². The molecule has 4 heteroatoms. The second kappa shape index (κ2) is 3.96. The van der Waals surface area contributed by atoms with Crippen LogP contribution < -0.4 is 5.73 Å². The van der Waals surface area contributed by atoms with Crippen LogP contribution in [0.25, 0.3) is 11.3 Å². The molecule has 0 saturated heterocycles. The fraction of sp³-hybridized carbons (Fsp3) is 0.385. The van der Waals surface area contributed by atoms with E-state index in [1.807, 2.05) is 18.3 Å². The Hall–Kier alpha value is -1.68. The van der Waals surface area contributed by atoms with Crippen LogP contribution >= 0.6 is 0 Å². The molecule has 0 radical (unpaired) electrons. The van der Waals surface area contributed by atoms with Gasteiger partial charge in [0.1, 0.15) is 5.82 Å². The maximum absolute atomic E-state index is 5.88. The normalized spacial score (nSPS) is 17.7. The molecule has 2 aromatic rings. The molecule has 2 aromatic heterocycles. The predicted octanol–water partition coefficient (Wildman–Crippen LogP) is 1.85. The van der Waals surface area contributed by atoms with E-state index in [1.165, 1.54) is 6.42 Å². The SMILES string of the molecule is NCC1(c2ncc(-c3ccncc3)[nH]2)CCC1. The van der Waals surface area contributed by atoms with Crippen LogP contribution in [0.4, 0.5) is 0 Å². The molecule has 17 heavy (non-hydrogen) atoms. The molecule has 0 spiro atoms. The van der Waals surface area contributed by atoms with E-state index in [0.717, 1.165) is 29.9 Å². The molecule has 0 aromatic carbocycles. The average molecular weight is 228 g/mol. The van der Waals surface area contributed by atoms with Gasteiger partial charge >= 0.3 is 0 Å². The van der Waals surface area contributed by atoms with Crippen molar-refractivity contribution >= 4 is 0 Å². The number of pyridine rings is 1. The molecule has 3 rings (SSSR count). The topological polar surface area (TPSA) is 67.6 Å². The van der Waals surface area contributed by atoms with Crippen molar-refractivity contribution in [1.29, 1.82) is 0 Å². The van der Waals surface area contributed by atoms with Gasteiger partial charge in [-0.3, -0.25) is 4.98 Å². The lowest BCUT2D eigenvalue weighted by atomic mass is 9.68. The van der Waals surface area contributed by atoms with Crippen molar-refractivity contribution in [1.82, 2.24) is 15.0 Å². The molecule has 2 heterocycles. The van der Waals surface area contributed by atoms with Crippen molar-refractivity contribution in [2.45, 2.75) is 24.7 Å². The summed E-state index contributed by atoms with van der Waals surface area (Å²) < 4.78 is 0. The fourth-order valence-corrected chi connectivity index (χ4v) is 2.41. The lowest BCUT2D eigenvalue weighted by molar-refractivity contribution is 0.240. The zero-order chi connectivity index (χ0) is 11.7. The minimum Gasteiger partial charge on any atom is -0.341 e. The summed E-state index contributed by atoms with van der Waals surface area (Å²) >= 11 is 0. The highest BCUT2D eigenvalue weighted by Gasteiger charge is 2.39. The Morgan fingerprint density at radius 3 is 2.65 bits per heavy atom. The van der Waals surface area contributed by atoms with Crippen LogP contribution in [0.2, 0.25) is 0 Å². The second-order valence-electron chi connectivity index (χ2n) is 4.72. The molecule has 1 aliphatic carbocycles. The first-order chi connectivity index (χ1) is 8.34. The Kier molecular flexibility index (Phi) is 2.44. The van der Waals surface area contributed by atoms with Crippen LogP contribution in [0, 0.1) is 0 Å². The number of aromatic nitrogens is 3. The maximum Gasteiger partial charge on any atom is 0.114 e. The minimum atomic E-state index is 0.102. The van der Waals surface area contributed by atoms with Crippen LogP contribution in [0.5, 0.6) is 0 Å². The van der Waals surface area contributed by atoms with Gasteiger partial charge in [-0.05, 0) is 25.0 Å². The predicted molar refractivity (Wildman–Crippen MR) is 66.4 cm³/mol. The van der Waals surface area contributed by atoms with Gasteiger partial charge in [0, 0.05) is 29.9 Å². The number of nitrogens with one attached hydrogen (secondary N) is 1. The number of nitrogens with two attached hydrogens (primary N) is 1. The maximum atomic E-state index is 5.88. The Bertz CT molecular complexity index is 494. The Labute approximate surface area is 100 Å². The lowest BCUT2D eigenvalue weighted by Gasteiger charge is -2.39. The average Bonchev–Trinajstić information content (AvgIpc) is 2.80. The van der Waals surface area contributed by atoms with Gasteiger partial charge in [-0.25, -0.2) is 4.98 Å². The van der Waals surface area contributed by atoms with Crippen LogP contribution in [-0.2, 0) is 5.41 Å². The molecule has 1 aliphatic rings. The Morgan fingerprint density at radius 1 is 1.29 bits per heavy atom. The molecule has 88 valence electrons. The monoisotopic (exact) mass is 228 g/mol. The number of hydrogen-bond donors (Lipinski definition) is 2. The summed E-state index contributed by atoms with van der Waals surface area (Å²) in [6.45, 7) is 0.677. The summed E-state index contributed by atoms with van der Waals surface area (Å²) in [5.41, 5.74) is 8.14. The number of imidazole rings is 1. The van der Waals surface area contributed by atoms with Crippen LogP contribution in [0.3, 0.4) is 0 Å². The van der Waals surface area contributed by atoms with Gasteiger partial charge in [0.15, 0.2) is 0 Å². The van der Waals surface area contributed by atoms with Crippen molar-refractivity contribution in [3.63, 3.8) is 0 Å². The van der Waals surface area contributed by atoms with E-state index < -0.39 is 0 Å². The zero-order valence-corrected chi connectivity index (χ0v) is 9.69. The van der Waals surface area contributed by atoms with Crippen LogP contribution in [0.15, 0.2) is 30.7 Å². The third kappa shape index (κ3) is 1.65. The van der Waals surface area contributed by atoms with E-state index in [1.54, 1.807) is 12.4 Å². The van der Waals surface area contributed by atoms with Crippen molar-refractivity contribution in [2.24, 2.45) is 5.73 Å². The second-order valence-corrected chi connectivity index (χ2v) is 4.72. The Morgan fingerprint density at radius 2 is 2.06 bits per heavy atom. The molecule has 0 amide bonds. The van der Waals surface area contributed by atoms with E-state index in [0.29, 0.717) is 6.54 Å². The molecule has 0 unspecified atom stereocenters. The first kappa shape index (κ1) is 10.5. The van der Waals surface area contributed by atoms with Crippen molar-refractivity contribution in [2.75, 3.05) is 6.54 Å². The molecule has 1 saturated carbocycles. The summed E-state index contributed by atoms with van der Waals surface area (Å²) in [6.07, 6.45) is 9.01. The van der Waals surface area contributed by atoms with E-state index in [-0.39, 0.29) is 5.41 Å². The first-order valence-electron chi connectivity index (χ1n) is 6.00.